The van der Waals surface area contributed by atoms with Gasteiger partial charge in [0.15, 0.2) is 0 Å². The van der Waals surface area contributed by atoms with Gasteiger partial charge >= 0.3 is 0 Å². The molecule has 5 aromatic carbocycles. The Balaban J connectivity index is 0.000000321. The van der Waals surface area contributed by atoms with Crippen LogP contribution in [0.2, 0.25) is 0 Å². The number of aliphatic hydroxyl groups excluding tert-OH is 2. The summed E-state index contributed by atoms with van der Waals surface area (Å²) in [6.07, 6.45) is 7.86. The van der Waals surface area contributed by atoms with Crippen molar-refractivity contribution >= 4 is 0 Å². The van der Waals surface area contributed by atoms with Gasteiger partial charge in [-0.3, -0.25) is 35.1 Å². The minimum absolute atomic E-state index is 0. The maximum Gasteiger partial charge on any atom is 0.0675 e. The van der Waals surface area contributed by atoms with Crippen molar-refractivity contribution in [2.45, 2.75) is 13.2 Å². The molecule has 2 N–H and O–H groups in total. The van der Waals surface area contributed by atoms with Gasteiger partial charge in [0.1, 0.15) is 0 Å². The van der Waals surface area contributed by atoms with Crippen LogP contribution in [0.4, 0.5) is 35.1 Å². The maximum absolute atomic E-state index is 13.4. The molecule has 0 fully saturated rings. The van der Waals surface area contributed by atoms with E-state index in [4.69, 9.17) is 10.2 Å². The monoisotopic (exact) mass is 1750 g/mol. The molecule has 0 saturated heterocycles. The van der Waals surface area contributed by atoms with Crippen molar-refractivity contribution in [1.29, 1.82) is 0 Å². The largest absolute Gasteiger partial charge is 0.392 e. The minimum Gasteiger partial charge on any atom is -0.392 e. The summed E-state index contributed by atoms with van der Waals surface area (Å²) in [5.74, 6) is -4.57. The Labute approximate surface area is 487 Å². The van der Waals surface area contributed by atoms with Crippen molar-refractivity contribution < 1.29 is 126 Å². The van der Waals surface area contributed by atoms with Crippen LogP contribution in [-0.4, -0.2) is 35.1 Å². The third-order valence-electron chi connectivity index (χ3n) is 9.45. The van der Waals surface area contributed by atoms with E-state index >= 15 is 0 Å². The van der Waals surface area contributed by atoms with Crippen LogP contribution < -0.4 is 0 Å². The molecule has 5 aromatic heterocycles. The number of hydrogen-bond donors (Lipinski definition) is 2. The summed E-state index contributed by atoms with van der Waals surface area (Å²) in [4.78, 5) is 20.1. The fourth-order valence-corrected chi connectivity index (χ4v) is 6.03. The van der Waals surface area contributed by atoms with Gasteiger partial charge in [0.2, 0.25) is 0 Å². The topological polar surface area (TPSA) is 105 Å². The van der Waals surface area contributed by atoms with Crippen LogP contribution in [0.3, 0.4) is 0 Å². The number of pyridine rings is 5. The number of aliphatic hydroxyl groups is 2. The predicted molar refractivity (Wildman–Crippen MR) is 254 cm³/mol. The van der Waals surface area contributed by atoms with E-state index in [1.807, 2.05) is 18.2 Å². The second-order valence-corrected chi connectivity index (χ2v) is 14.5. The summed E-state index contributed by atoms with van der Waals surface area (Å²) >= 11 is 0. The Morgan fingerprint density at radius 2 is 0.645 bits per heavy atom. The molecule has 0 aliphatic carbocycles. The Bertz CT molecular complexity index is 3190. The van der Waals surface area contributed by atoms with Gasteiger partial charge in [0, 0.05) is 158 Å². The Morgan fingerprint density at radius 3 is 0.987 bits per heavy atom. The van der Waals surface area contributed by atoms with Crippen molar-refractivity contribution in [1.82, 2.24) is 24.9 Å². The van der Waals surface area contributed by atoms with Crippen molar-refractivity contribution in [3.63, 3.8) is 0 Å². The Hall–Kier alpha value is -6.19. The summed E-state index contributed by atoms with van der Waals surface area (Å²) in [6, 6.07) is 49.8. The van der Waals surface area contributed by atoms with E-state index in [-0.39, 0.29) is 122 Å². The predicted octanol–water partition coefficient (Wildman–Crippen LogP) is 12.8. The third kappa shape index (κ3) is 20.7. The minimum atomic E-state index is -0.720. The van der Waals surface area contributed by atoms with Gasteiger partial charge in [-0.25, -0.2) is 0 Å². The number of hydrogen-bond acceptors (Lipinski definition) is 7. The first-order valence-corrected chi connectivity index (χ1v) is 21.2. The molecule has 0 unspecified atom stereocenters. The molecule has 19 heteroatoms. The molecule has 10 aromatic rings. The van der Waals surface area contributed by atoms with Gasteiger partial charge in [-0.05, 0) is 69.9 Å². The fraction of sp³-hybridized carbons (Fsp3) is 0.0351. The summed E-state index contributed by atoms with van der Waals surface area (Å²) in [6.45, 7) is -0.185. The zero-order chi connectivity index (χ0) is 51.2. The molecule has 0 spiro atoms. The van der Waals surface area contributed by atoms with Crippen molar-refractivity contribution in [2.75, 3.05) is 0 Å². The van der Waals surface area contributed by atoms with E-state index in [9.17, 15) is 35.1 Å². The van der Waals surface area contributed by atoms with E-state index in [0.717, 1.165) is 53.2 Å². The van der Waals surface area contributed by atoms with E-state index in [2.05, 4.69) is 55.3 Å². The average Bonchev–Trinajstić information content (AvgIpc) is 3.41. The molecule has 0 atom stereocenters. The first-order valence-electron chi connectivity index (χ1n) is 21.2. The summed E-state index contributed by atoms with van der Waals surface area (Å²) < 4.78 is 103. The molecular weight excluding hydrogens is 1710 g/mol. The van der Waals surface area contributed by atoms with Crippen molar-refractivity contribution in [2.24, 2.45) is 0 Å². The smallest absolute Gasteiger partial charge is 0.0675 e. The number of aromatic nitrogens is 5. The number of benzene rings is 5. The summed E-state index contributed by atoms with van der Waals surface area (Å²) in [5.41, 5.74) is 6.09. The Morgan fingerprint density at radius 1 is 0.316 bits per heavy atom. The SMILES string of the molecule is Fc1c[c-]c(-c2ccccn2)c(F)c1.Fc1c[c-]c(-c2ccccn2)c(F)c1.Fc1c[c-]c(-c2ccccn2)cc1.OCc1ccnc(-c2[c-]cc(F)cc2)c1.OCc1ccnc(-c2[c-]cc(F)cc2F)c1.[Ir].[Ir].[Ir].[Ir]. The standard InChI is InChI=1S/C12H8F2NO.C12H9FNO.2C11H6F2N.C11H7FN.4Ir/c13-9-1-2-10(11(14)6-9)12-5-8(7-16)3-4-15-12;13-11-3-1-10(2-4-11)12-7-9(8-15)5-6-14-12;2*12-8-4-5-9(10(13)7-8)11-3-1-2-6-14-11;12-10-6-4-9(5-7-10)11-3-1-2-8-13-11;;;;/h1,3-6,16H,7H2;1,3-7,15H,8H2;2*1-4,6-7H;1-4,6-8H;;;;/q5*-1;;;;. The molecule has 0 bridgehead atoms. The summed E-state index contributed by atoms with van der Waals surface area (Å²) in [7, 11) is 0. The average molecular weight is 1740 g/mol. The van der Waals surface area contributed by atoms with Gasteiger partial charge in [-0.1, -0.05) is 83.4 Å². The van der Waals surface area contributed by atoms with Gasteiger partial charge in [-0.2, -0.15) is 0 Å². The second-order valence-electron chi connectivity index (χ2n) is 14.5. The van der Waals surface area contributed by atoms with Crippen LogP contribution in [0.15, 0.2) is 183 Å². The normalized spacial score (nSPS) is 9.66. The molecule has 76 heavy (non-hydrogen) atoms. The molecule has 5 heterocycles. The van der Waals surface area contributed by atoms with Crippen LogP contribution in [-0.2, 0) is 93.6 Å². The molecule has 0 aliphatic heterocycles. The van der Waals surface area contributed by atoms with Gasteiger partial charge in [0.05, 0.1) is 13.2 Å². The van der Waals surface area contributed by atoms with Gasteiger partial charge < -0.3 is 35.1 Å². The van der Waals surface area contributed by atoms with Crippen molar-refractivity contribution in [3.8, 4) is 56.3 Å². The number of halogens is 8. The summed E-state index contributed by atoms with van der Waals surface area (Å²) in [5, 5.41) is 17.9. The maximum atomic E-state index is 13.4. The quantitative estimate of drug-likeness (QED) is 0.121. The van der Waals surface area contributed by atoms with E-state index in [1.54, 1.807) is 91.5 Å². The van der Waals surface area contributed by atoms with Crippen molar-refractivity contribution in [3.05, 3.63) is 271 Å². The fourth-order valence-electron chi connectivity index (χ4n) is 6.03. The van der Waals surface area contributed by atoms with Crippen LogP contribution in [0.25, 0.3) is 56.3 Å². The zero-order valence-electron chi connectivity index (χ0n) is 38.7. The molecule has 10 rings (SSSR count). The first-order chi connectivity index (χ1) is 34.9. The van der Waals surface area contributed by atoms with Crippen LogP contribution >= 0.6 is 0 Å². The van der Waals surface area contributed by atoms with Gasteiger partial charge in [-0.15, -0.1) is 96.1 Å². The number of nitrogens with zero attached hydrogens (tertiary/aromatic N) is 5. The van der Waals surface area contributed by atoms with E-state index in [1.165, 1.54) is 36.5 Å². The zero-order valence-corrected chi connectivity index (χ0v) is 48.3. The van der Waals surface area contributed by atoms with E-state index < -0.39 is 34.9 Å². The molecule has 4 radical (unpaired) electrons. The third-order valence-corrected chi connectivity index (χ3v) is 9.45. The Kier molecular flexibility index (Phi) is 29.9. The van der Waals surface area contributed by atoms with Crippen LogP contribution in [0.5, 0.6) is 0 Å². The molecule has 0 aliphatic rings. The molecule has 0 saturated carbocycles. The molecule has 0 amide bonds. The first kappa shape index (κ1) is 65.9. The number of rotatable bonds is 7. The van der Waals surface area contributed by atoms with Crippen LogP contribution in [0.1, 0.15) is 11.1 Å². The molecular formula is C57H36F8Ir4N5O2-5. The second kappa shape index (κ2) is 34.5. The van der Waals surface area contributed by atoms with E-state index in [0.29, 0.717) is 33.9 Å². The van der Waals surface area contributed by atoms with Crippen LogP contribution in [0, 0.1) is 76.9 Å². The molecule has 7 nitrogen and oxygen atoms in total. The van der Waals surface area contributed by atoms with Gasteiger partial charge in [0.25, 0.3) is 0 Å². The molecule has 398 valence electrons.